The number of phosphoric ester groups is 2. The molecule has 0 rings (SSSR count). The van der Waals surface area contributed by atoms with Crippen molar-refractivity contribution in [3.63, 3.8) is 0 Å². The van der Waals surface area contributed by atoms with E-state index >= 15 is 0 Å². The molecule has 16 nitrogen and oxygen atoms in total. The van der Waals surface area contributed by atoms with Gasteiger partial charge in [-0.25, -0.2) is 9.13 Å². The Morgan fingerprint density at radius 1 is 0.326 bits per heavy atom. The van der Waals surface area contributed by atoms with E-state index in [2.05, 4.69) is 142 Å². The molecule has 5 unspecified atom stereocenters. The van der Waals surface area contributed by atoms with Crippen LogP contribution in [-0.2, 0) is 55.8 Å². The van der Waals surface area contributed by atoms with Crippen molar-refractivity contribution in [2.24, 2.45) is 0 Å². The van der Waals surface area contributed by atoms with Crippen LogP contribution < -0.4 is 0 Å². The molecule has 4 N–H and O–H groups in total. The van der Waals surface area contributed by atoms with Gasteiger partial charge in [0.15, 0.2) is 6.10 Å². The number of aliphatic hydroxyl groups is 2. The fraction of sp³-hybridized carbons (Fsp3) is 0.648. The van der Waals surface area contributed by atoms with Crippen molar-refractivity contribution in [1.29, 1.82) is 0 Å². The monoisotopic (exact) mass is 1290 g/mol. The van der Waals surface area contributed by atoms with Gasteiger partial charge in [-0.15, -0.1) is 0 Å². The molecule has 0 spiro atoms. The van der Waals surface area contributed by atoms with E-state index < -0.39 is 91.5 Å². The maximum absolute atomic E-state index is 12.8. The normalized spacial score (nSPS) is 15.1. The maximum Gasteiger partial charge on any atom is 0.472 e. The Hall–Kier alpha value is -4.31. The van der Waals surface area contributed by atoms with Gasteiger partial charge in [0.05, 0.1) is 26.4 Å². The molecule has 0 amide bonds. The number of hydrogen-bond donors (Lipinski definition) is 4. The highest BCUT2D eigenvalue weighted by Crippen LogP contribution is 2.45. The van der Waals surface area contributed by atoms with Crippen LogP contribution in [0.4, 0.5) is 0 Å². The third kappa shape index (κ3) is 65.0. The lowest BCUT2D eigenvalue weighted by atomic mass is 10.1. The standard InChI is InChI=1S/C71H118O16P2/c1-4-7-10-13-16-19-22-24-26-28-29-30-31-32-33-34-35-37-39-40-43-45-48-51-54-57-69(74)81-60-66(72)61-83-88(77,78)84-62-67(73)63-85-89(79,80)86-65-68(87-71(76)59-56-53-50-47-42-21-18-15-12-9-6-3)64-82-70(75)58-55-52-49-46-44-41-38-36-27-25-23-20-17-14-11-8-5-2/h7-8,10-11,15-20,24-27,29-30,32-33,38,41,46,49,66-68,72-73H,4-6,9,12-14,21-23,28,31,34-37,39-40,42-45,47-48,50-65H2,1-3H3,(H,77,78)(H,79,80)/b10-7-,11-8-,18-15-,19-16-,20-17-,26-24-,27-25-,30-29-,33-32-,41-38-,49-46-. The molecule has 0 saturated heterocycles. The van der Waals surface area contributed by atoms with Gasteiger partial charge in [-0.2, -0.15) is 0 Å². The molecule has 0 aromatic carbocycles. The van der Waals surface area contributed by atoms with Crippen molar-refractivity contribution in [3.05, 3.63) is 134 Å². The third-order valence-corrected chi connectivity index (χ3v) is 15.2. The number of unbranched alkanes of at least 4 members (excludes halogenated alkanes) is 17. The lowest BCUT2D eigenvalue weighted by Gasteiger charge is -2.21. The predicted octanol–water partition coefficient (Wildman–Crippen LogP) is 18.4. The van der Waals surface area contributed by atoms with E-state index in [1.54, 1.807) is 0 Å². The summed E-state index contributed by atoms with van der Waals surface area (Å²) in [7, 11) is -9.79. The van der Waals surface area contributed by atoms with Crippen LogP contribution in [0.5, 0.6) is 0 Å². The highest BCUT2D eigenvalue weighted by molar-refractivity contribution is 7.47. The van der Waals surface area contributed by atoms with Crippen molar-refractivity contribution >= 4 is 33.6 Å². The quantitative estimate of drug-likeness (QED) is 0.0146. The van der Waals surface area contributed by atoms with Crippen molar-refractivity contribution < 1.29 is 75.8 Å². The first-order valence-corrected chi connectivity index (χ1v) is 36.5. The van der Waals surface area contributed by atoms with E-state index in [0.29, 0.717) is 25.7 Å². The van der Waals surface area contributed by atoms with Gasteiger partial charge in [0, 0.05) is 19.3 Å². The minimum absolute atomic E-state index is 0.0783. The first-order valence-electron chi connectivity index (χ1n) is 33.5. The number of esters is 3. The summed E-state index contributed by atoms with van der Waals surface area (Å²) in [6, 6.07) is 0. The predicted molar refractivity (Wildman–Crippen MR) is 362 cm³/mol. The summed E-state index contributed by atoms with van der Waals surface area (Å²) in [4.78, 5) is 58.2. The molecule has 0 saturated carbocycles. The number of allylic oxidation sites excluding steroid dienone is 22. The highest BCUT2D eigenvalue weighted by atomic mass is 31.2. The minimum Gasteiger partial charge on any atom is -0.463 e. The van der Waals surface area contributed by atoms with Crippen LogP contribution in [0.1, 0.15) is 239 Å². The first-order chi connectivity index (χ1) is 43.2. The minimum atomic E-state index is -4.94. The number of carbonyl (C=O) groups is 3. The van der Waals surface area contributed by atoms with Crippen LogP contribution in [0.15, 0.2) is 134 Å². The highest BCUT2D eigenvalue weighted by Gasteiger charge is 2.29. The van der Waals surface area contributed by atoms with Gasteiger partial charge >= 0.3 is 33.6 Å². The van der Waals surface area contributed by atoms with E-state index in [1.165, 1.54) is 38.5 Å². The molecular weight excluding hydrogens is 1170 g/mol. The number of carbonyl (C=O) groups excluding carboxylic acids is 3. The fourth-order valence-corrected chi connectivity index (χ4v) is 9.84. The molecule has 0 bridgehead atoms. The molecule has 0 aromatic rings. The second kappa shape index (κ2) is 63.8. The first kappa shape index (κ1) is 84.7. The van der Waals surface area contributed by atoms with Gasteiger partial charge in [0.25, 0.3) is 0 Å². The molecule has 0 radical (unpaired) electrons. The van der Waals surface area contributed by atoms with Crippen LogP contribution in [0.2, 0.25) is 0 Å². The Balaban J connectivity index is 4.57. The van der Waals surface area contributed by atoms with Crippen molar-refractivity contribution in [2.45, 2.75) is 257 Å². The van der Waals surface area contributed by atoms with Crippen LogP contribution in [0.3, 0.4) is 0 Å². The molecule has 0 aliphatic heterocycles. The number of rotatable bonds is 62. The second-order valence-electron chi connectivity index (χ2n) is 21.9. The average molecular weight is 1290 g/mol. The topological polar surface area (TPSA) is 231 Å². The molecule has 508 valence electrons. The van der Waals surface area contributed by atoms with Gasteiger partial charge in [-0.05, 0) is 122 Å². The van der Waals surface area contributed by atoms with Crippen LogP contribution in [-0.4, -0.2) is 95.9 Å². The van der Waals surface area contributed by atoms with Crippen LogP contribution in [0, 0.1) is 0 Å². The van der Waals surface area contributed by atoms with Crippen LogP contribution in [0.25, 0.3) is 0 Å². The van der Waals surface area contributed by atoms with Crippen LogP contribution >= 0.6 is 15.6 Å². The molecule has 0 aromatic heterocycles. The molecule has 0 fully saturated rings. The Morgan fingerprint density at radius 3 is 1.00 bits per heavy atom. The zero-order valence-corrected chi connectivity index (χ0v) is 56.6. The smallest absolute Gasteiger partial charge is 0.463 e. The van der Waals surface area contributed by atoms with E-state index in [1.807, 2.05) is 12.2 Å². The largest absolute Gasteiger partial charge is 0.472 e. The molecule has 0 aliphatic rings. The molecule has 0 heterocycles. The number of hydrogen-bond acceptors (Lipinski definition) is 14. The number of phosphoric acid groups is 2. The summed E-state index contributed by atoms with van der Waals surface area (Å²) < 4.78 is 60.7. The Labute approximate surface area is 537 Å². The fourth-order valence-electron chi connectivity index (χ4n) is 8.26. The zero-order valence-electron chi connectivity index (χ0n) is 54.8. The Kier molecular flexibility index (Phi) is 60.7. The summed E-state index contributed by atoms with van der Waals surface area (Å²) in [5, 5.41) is 20.5. The van der Waals surface area contributed by atoms with Gasteiger partial charge in [-0.3, -0.25) is 32.5 Å². The van der Waals surface area contributed by atoms with E-state index in [9.17, 15) is 43.5 Å². The summed E-state index contributed by atoms with van der Waals surface area (Å²) in [6.07, 6.45) is 73.9. The summed E-state index contributed by atoms with van der Waals surface area (Å²) in [6.45, 7) is 2.28. The summed E-state index contributed by atoms with van der Waals surface area (Å²) in [5.41, 5.74) is 0. The maximum atomic E-state index is 12.8. The van der Waals surface area contributed by atoms with Gasteiger partial charge < -0.3 is 34.2 Å². The number of ether oxygens (including phenoxy) is 3. The van der Waals surface area contributed by atoms with E-state index in [4.69, 9.17) is 32.3 Å². The van der Waals surface area contributed by atoms with Crippen molar-refractivity contribution in [1.82, 2.24) is 0 Å². The summed E-state index contributed by atoms with van der Waals surface area (Å²) >= 11 is 0. The lowest BCUT2D eigenvalue weighted by molar-refractivity contribution is -0.161. The number of aliphatic hydroxyl groups excluding tert-OH is 2. The molecule has 0 aliphatic carbocycles. The second-order valence-corrected chi connectivity index (χ2v) is 24.8. The molecule has 5 atom stereocenters. The van der Waals surface area contributed by atoms with Gasteiger partial charge in [0.2, 0.25) is 0 Å². The summed E-state index contributed by atoms with van der Waals surface area (Å²) in [5.74, 6) is -1.67. The van der Waals surface area contributed by atoms with Crippen molar-refractivity contribution in [3.8, 4) is 0 Å². The average Bonchev–Trinajstić information content (AvgIpc) is 3.52. The van der Waals surface area contributed by atoms with Gasteiger partial charge in [-0.1, -0.05) is 231 Å². The Morgan fingerprint density at radius 2 is 0.607 bits per heavy atom. The third-order valence-electron chi connectivity index (χ3n) is 13.3. The molecular formula is C71H118O16P2. The SMILES string of the molecule is CC/C=C\C/C=C\C/C=C\C/C=C\C/C=C\CCCCCCCCCCCC(=O)OCC(O)COP(=O)(O)OCC(O)COP(=O)(O)OCC(COC(=O)CCC/C=C\C/C=C\C/C=C\C/C=C\C/C=C\CC)OC(=O)CCCCCCC/C=C\CCCC. The van der Waals surface area contributed by atoms with Crippen molar-refractivity contribution in [2.75, 3.05) is 39.6 Å². The molecule has 89 heavy (non-hydrogen) atoms. The lowest BCUT2D eigenvalue weighted by Crippen LogP contribution is -2.30. The van der Waals surface area contributed by atoms with Gasteiger partial charge in [0.1, 0.15) is 25.4 Å². The van der Waals surface area contributed by atoms with E-state index in [0.717, 1.165) is 135 Å². The Bertz CT molecular complexity index is 2160. The van der Waals surface area contributed by atoms with E-state index in [-0.39, 0.29) is 19.3 Å². The molecule has 18 heteroatoms. The zero-order chi connectivity index (χ0) is 65.3.